The first-order valence-corrected chi connectivity index (χ1v) is 13.6. The fourth-order valence-electron chi connectivity index (χ4n) is 5.49. The van der Waals surface area contributed by atoms with Gasteiger partial charge in [-0.25, -0.2) is 17.2 Å². The molecule has 3 atom stereocenters. The summed E-state index contributed by atoms with van der Waals surface area (Å²) >= 11 is 6.24. The number of carbonyl (C=O) groups excluding carboxylic acids is 1. The molecule has 2 aromatic carbocycles. The third-order valence-electron chi connectivity index (χ3n) is 7.49. The van der Waals surface area contributed by atoms with Crippen molar-refractivity contribution in [2.24, 2.45) is 11.8 Å². The number of fused-ring (bicyclic) bond motifs is 2. The molecule has 3 saturated carbocycles. The molecule has 7 nitrogen and oxygen atoms in total. The summed E-state index contributed by atoms with van der Waals surface area (Å²) in [6.07, 6.45) is 1.08. The second-order valence-corrected chi connectivity index (χ2v) is 12.1. The highest BCUT2D eigenvalue weighted by Crippen LogP contribution is 2.59. The van der Waals surface area contributed by atoms with E-state index in [-0.39, 0.29) is 34.0 Å². The quantitative estimate of drug-likeness (QED) is 0.423. The van der Waals surface area contributed by atoms with E-state index in [0.717, 1.165) is 18.2 Å². The van der Waals surface area contributed by atoms with Crippen molar-refractivity contribution in [2.75, 3.05) is 5.32 Å². The number of hydrogen-bond donors (Lipinski definition) is 3. The largest absolute Gasteiger partial charge is 0.386 e. The molecule has 3 aromatic rings. The lowest BCUT2D eigenvalue weighted by molar-refractivity contribution is -0.234. The Balaban J connectivity index is 1.36. The molecule has 3 unspecified atom stereocenters. The minimum absolute atomic E-state index is 0.00127. The van der Waals surface area contributed by atoms with Crippen LogP contribution in [0.5, 0.6) is 0 Å². The summed E-state index contributed by atoms with van der Waals surface area (Å²) in [5, 5.41) is 23.6. The maximum Gasteiger partial charge on any atom is 0.255 e. The molecule has 3 aliphatic rings. The van der Waals surface area contributed by atoms with Gasteiger partial charge in [-0.05, 0) is 73.6 Å². The number of amides is 1. The minimum Gasteiger partial charge on any atom is -0.386 e. The summed E-state index contributed by atoms with van der Waals surface area (Å²) in [5.41, 5.74) is -1.18. The molecule has 0 aliphatic heterocycles. The van der Waals surface area contributed by atoms with E-state index in [0.29, 0.717) is 12.1 Å². The Kier molecular flexibility index (Phi) is 6.56. The van der Waals surface area contributed by atoms with E-state index >= 15 is 0 Å². The smallest absolute Gasteiger partial charge is 0.255 e. The molecule has 1 aromatic heterocycles. The Bertz CT molecular complexity index is 1460. The minimum atomic E-state index is -4.01. The lowest BCUT2D eigenvalue weighted by atomic mass is 9.51. The number of benzene rings is 2. The second-order valence-electron chi connectivity index (χ2n) is 9.54. The SMILES string of the molecule is O=C(Nc1ccc(F)c(F)c1)c1ccc(Cl)c(S(=O)(=O)C2CC3CC(C2)C3(O)C(O)c2ccccn2)c1. The van der Waals surface area contributed by atoms with Crippen LogP contribution in [0.2, 0.25) is 5.02 Å². The van der Waals surface area contributed by atoms with Gasteiger partial charge in [-0.1, -0.05) is 17.7 Å². The van der Waals surface area contributed by atoms with Crippen LogP contribution in [0, 0.1) is 23.5 Å². The van der Waals surface area contributed by atoms with Crippen molar-refractivity contribution >= 4 is 33.0 Å². The van der Waals surface area contributed by atoms with E-state index in [1.165, 1.54) is 24.4 Å². The summed E-state index contributed by atoms with van der Waals surface area (Å²) in [6.45, 7) is 0. The van der Waals surface area contributed by atoms with Gasteiger partial charge >= 0.3 is 0 Å². The van der Waals surface area contributed by atoms with Crippen LogP contribution in [-0.4, -0.2) is 40.4 Å². The van der Waals surface area contributed by atoms with Gasteiger partial charge in [0.05, 0.1) is 20.9 Å². The van der Waals surface area contributed by atoms with E-state index in [1.807, 2.05) is 0 Å². The third kappa shape index (κ3) is 4.41. The Labute approximate surface area is 217 Å². The maximum absolute atomic E-state index is 13.6. The van der Waals surface area contributed by atoms with Crippen molar-refractivity contribution in [1.82, 2.24) is 4.98 Å². The zero-order valence-corrected chi connectivity index (χ0v) is 20.9. The first-order chi connectivity index (χ1) is 17.5. The topological polar surface area (TPSA) is 117 Å². The molecule has 3 aliphatic carbocycles. The van der Waals surface area contributed by atoms with E-state index in [1.54, 1.807) is 18.2 Å². The number of halogens is 3. The van der Waals surface area contributed by atoms with Crippen LogP contribution < -0.4 is 5.32 Å². The van der Waals surface area contributed by atoms with Gasteiger partial charge in [0.1, 0.15) is 11.7 Å². The number of rotatable bonds is 6. The van der Waals surface area contributed by atoms with Crippen molar-refractivity contribution < 1.29 is 32.2 Å². The van der Waals surface area contributed by atoms with Gasteiger partial charge in [-0.3, -0.25) is 9.78 Å². The highest BCUT2D eigenvalue weighted by atomic mass is 35.5. The van der Waals surface area contributed by atoms with Gasteiger partial charge in [0.15, 0.2) is 21.5 Å². The highest BCUT2D eigenvalue weighted by molar-refractivity contribution is 7.92. The normalized spacial score (nSPS) is 25.7. The molecule has 194 valence electrons. The summed E-state index contributed by atoms with van der Waals surface area (Å²) in [6, 6.07) is 11.6. The maximum atomic E-state index is 13.6. The van der Waals surface area contributed by atoms with Crippen LogP contribution in [0.4, 0.5) is 14.5 Å². The Morgan fingerprint density at radius 3 is 2.43 bits per heavy atom. The molecule has 11 heteroatoms. The van der Waals surface area contributed by atoms with Crippen LogP contribution in [0.15, 0.2) is 65.7 Å². The number of aliphatic hydroxyl groups is 2. The molecular formula is C26H23ClF2N2O5S. The van der Waals surface area contributed by atoms with Crippen LogP contribution in [0.3, 0.4) is 0 Å². The zero-order chi connectivity index (χ0) is 26.5. The number of anilines is 1. The number of pyridine rings is 1. The Morgan fingerprint density at radius 1 is 1.05 bits per heavy atom. The molecule has 1 heterocycles. The summed E-state index contributed by atoms with van der Waals surface area (Å²) < 4.78 is 53.8. The third-order valence-corrected chi connectivity index (χ3v) is 10.1. The van der Waals surface area contributed by atoms with Crippen LogP contribution in [0.25, 0.3) is 0 Å². The molecule has 2 bridgehead atoms. The molecule has 0 spiro atoms. The van der Waals surface area contributed by atoms with Gasteiger partial charge < -0.3 is 15.5 Å². The lowest BCUT2D eigenvalue weighted by Crippen LogP contribution is -2.64. The first-order valence-electron chi connectivity index (χ1n) is 11.6. The second kappa shape index (κ2) is 9.43. The number of aromatic nitrogens is 1. The predicted octanol–water partition coefficient (Wildman–Crippen LogP) is 4.30. The summed E-state index contributed by atoms with van der Waals surface area (Å²) in [4.78, 5) is 16.6. The van der Waals surface area contributed by atoms with Gasteiger partial charge in [-0.2, -0.15) is 0 Å². The van der Waals surface area contributed by atoms with Crippen molar-refractivity contribution in [1.29, 1.82) is 0 Å². The van der Waals surface area contributed by atoms with Crippen LogP contribution >= 0.6 is 11.6 Å². The van der Waals surface area contributed by atoms with Crippen LogP contribution in [-0.2, 0) is 9.84 Å². The molecule has 6 rings (SSSR count). The van der Waals surface area contributed by atoms with E-state index in [4.69, 9.17) is 11.6 Å². The van der Waals surface area contributed by atoms with Gasteiger partial charge in [-0.15, -0.1) is 0 Å². The molecule has 3 N–H and O–H groups in total. The Morgan fingerprint density at radius 2 is 1.78 bits per heavy atom. The zero-order valence-electron chi connectivity index (χ0n) is 19.3. The first kappa shape index (κ1) is 25.7. The number of carbonyl (C=O) groups is 1. The summed E-state index contributed by atoms with van der Waals surface area (Å²) in [5.74, 6) is -3.84. The number of sulfone groups is 1. The van der Waals surface area contributed by atoms with Crippen molar-refractivity contribution in [3.05, 3.63) is 88.7 Å². The van der Waals surface area contributed by atoms with Gasteiger partial charge in [0.25, 0.3) is 5.91 Å². The lowest BCUT2D eigenvalue weighted by Gasteiger charge is -2.59. The number of aliphatic hydroxyl groups excluding tert-OH is 1. The molecule has 37 heavy (non-hydrogen) atoms. The molecular weight excluding hydrogens is 526 g/mol. The number of nitrogens with zero attached hydrogens (tertiary/aromatic N) is 1. The van der Waals surface area contributed by atoms with Gasteiger partial charge in [0, 0.05) is 23.5 Å². The van der Waals surface area contributed by atoms with Gasteiger partial charge in [0.2, 0.25) is 0 Å². The van der Waals surface area contributed by atoms with Crippen molar-refractivity contribution in [2.45, 2.75) is 41.1 Å². The Hall–Kier alpha value is -2.92. The van der Waals surface area contributed by atoms with E-state index in [2.05, 4.69) is 10.3 Å². The standard InChI is InChI=1S/C26H23ClF2N2O5S/c27-19-6-4-14(25(33)31-17-5-7-20(28)21(29)13-17)9-23(19)37(35,36)18-11-15-10-16(12-18)26(15,34)24(32)22-3-1-2-8-30-22/h1-9,13,15-16,18,24,32,34H,10-12H2,(H,31,33). The summed E-state index contributed by atoms with van der Waals surface area (Å²) in [7, 11) is -4.01. The molecule has 3 fully saturated rings. The fraction of sp³-hybridized carbons (Fsp3) is 0.308. The van der Waals surface area contributed by atoms with Crippen LogP contribution in [0.1, 0.15) is 41.4 Å². The molecule has 1 amide bonds. The number of nitrogens with one attached hydrogen (secondary N) is 1. The fourth-order valence-corrected chi connectivity index (χ4v) is 7.89. The number of hydrogen-bond acceptors (Lipinski definition) is 6. The average molecular weight is 549 g/mol. The van der Waals surface area contributed by atoms with E-state index in [9.17, 15) is 32.2 Å². The highest BCUT2D eigenvalue weighted by Gasteiger charge is 2.63. The average Bonchev–Trinajstić information content (AvgIpc) is 2.90. The van der Waals surface area contributed by atoms with Crippen molar-refractivity contribution in [3.8, 4) is 0 Å². The molecule has 0 saturated heterocycles. The monoisotopic (exact) mass is 548 g/mol. The van der Waals surface area contributed by atoms with E-state index < -0.39 is 56.2 Å². The predicted molar refractivity (Wildman–Crippen MR) is 132 cm³/mol. The molecule has 0 radical (unpaired) electrons. The van der Waals surface area contributed by atoms with Crippen molar-refractivity contribution in [3.63, 3.8) is 0 Å².